The van der Waals surface area contributed by atoms with E-state index in [0.29, 0.717) is 0 Å². The molecule has 0 spiro atoms. The molecule has 138 valence electrons. The Balaban J connectivity index is 1.43. The Bertz CT molecular complexity index is 762. The Labute approximate surface area is 159 Å². The van der Waals surface area contributed by atoms with E-state index in [0.717, 1.165) is 48.5 Å². The topological polar surface area (TPSA) is 54.2 Å². The van der Waals surface area contributed by atoms with Crippen LogP contribution in [0.3, 0.4) is 0 Å². The first-order valence-corrected chi connectivity index (χ1v) is 10.6. The molecule has 1 unspecified atom stereocenters. The number of nitrogens with one attached hydrogen (secondary N) is 2. The van der Waals surface area contributed by atoms with E-state index in [4.69, 9.17) is 5.10 Å². The van der Waals surface area contributed by atoms with Crippen LogP contribution in [0.1, 0.15) is 36.2 Å². The van der Waals surface area contributed by atoms with Crippen LogP contribution >= 0.6 is 11.8 Å². The third-order valence-corrected chi connectivity index (χ3v) is 6.58. The number of hydrogen-bond donors (Lipinski definition) is 2. The summed E-state index contributed by atoms with van der Waals surface area (Å²) in [5.74, 6) is 2.17. The summed E-state index contributed by atoms with van der Waals surface area (Å²) in [4.78, 5) is 4.37. The van der Waals surface area contributed by atoms with Gasteiger partial charge in [0.25, 0.3) is 0 Å². The van der Waals surface area contributed by atoms with Crippen LogP contribution in [0.2, 0.25) is 0 Å². The van der Waals surface area contributed by atoms with Crippen molar-refractivity contribution in [2.75, 3.05) is 19.3 Å². The lowest BCUT2D eigenvalue weighted by Gasteiger charge is -2.14. The van der Waals surface area contributed by atoms with E-state index in [9.17, 15) is 0 Å². The largest absolute Gasteiger partial charge is 0.355 e. The zero-order valence-corrected chi connectivity index (χ0v) is 16.2. The highest BCUT2D eigenvalue weighted by molar-refractivity contribution is 8.00. The number of aromatic nitrogens is 2. The maximum absolute atomic E-state index is 4.91. The molecule has 2 aromatic rings. The van der Waals surface area contributed by atoms with Gasteiger partial charge in [0, 0.05) is 24.5 Å². The molecule has 2 aliphatic rings. The van der Waals surface area contributed by atoms with E-state index < -0.39 is 0 Å². The average Bonchev–Trinajstić information content (AvgIpc) is 3.41. The minimum atomic E-state index is 0.718. The fourth-order valence-corrected chi connectivity index (χ4v) is 5.04. The van der Waals surface area contributed by atoms with Gasteiger partial charge in [0.15, 0.2) is 5.96 Å². The number of aliphatic imine (C=N–C) groups is 1. The van der Waals surface area contributed by atoms with Crippen LogP contribution in [0.5, 0.6) is 0 Å². The highest BCUT2D eigenvalue weighted by Gasteiger charge is 2.23. The summed E-state index contributed by atoms with van der Waals surface area (Å²) in [6.45, 7) is 1.71. The lowest BCUT2D eigenvalue weighted by molar-refractivity contribution is 0.711. The van der Waals surface area contributed by atoms with E-state index in [2.05, 4.69) is 56.3 Å². The summed E-state index contributed by atoms with van der Waals surface area (Å²) in [5, 5.41) is 12.6. The summed E-state index contributed by atoms with van der Waals surface area (Å²) in [6.07, 6.45) is 6.11. The van der Waals surface area contributed by atoms with Crippen LogP contribution in [0.15, 0.2) is 35.3 Å². The summed E-state index contributed by atoms with van der Waals surface area (Å²) in [5.41, 5.74) is 5.10. The lowest BCUT2D eigenvalue weighted by atomic mass is 10.2. The first kappa shape index (κ1) is 17.5. The molecule has 2 heterocycles. The van der Waals surface area contributed by atoms with Crippen molar-refractivity contribution in [2.24, 2.45) is 4.99 Å². The van der Waals surface area contributed by atoms with E-state index in [1.807, 2.05) is 13.1 Å². The molecule has 6 heteroatoms. The fraction of sp³-hybridized carbons (Fsp3) is 0.500. The van der Waals surface area contributed by atoms with Crippen molar-refractivity contribution in [1.82, 2.24) is 20.4 Å². The number of fused-ring (bicyclic) bond motifs is 1. The smallest absolute Gasteiger partial charge is 0.191 e. The zero-order valence-electron chi connectivity index (χ0n) is 15.4. The Morgan fingerprint density at radius 2 is 2.12 bits per heavy atom. The van der Waals surface area contributed by atoms with Gasteiger partial charge in [-0.3, -0.25) is 4.99 Å². The Kier molecular flexibility index (Phi) is 5.48. The van der Waals surface area contributed by atoms with Gasteiger partial charge in [-0.1, -0.05) is 18.2 Å². The van der Waals surface area contributed by atoms with Gasteiger partial charge in [0.05, 0.1) is 17.9 Å². The standard InChI is InChI=1S/C20H27N5S/c1-21-20(22-13-16-9-6-12-26-16)23-14-18-17-10-5-11-19(17)25(24-18)15-7-3-2-4-8-15/h2-4,7-8,16H,5-6,9-14H2,1H3,(H2,21,22,23). The van der Waals surface area contributed by atoms with Gasteiger partial charge in [-0.25, -0.2) is 4.68 Å². The Morgan fingerprint density at radius 3 is 2.88 bits per heavy atom. The fourth-order valence-electron chi connectivity index (χ4n) is 3.84. The molecule has 1 atom stereocenters. The normalized spacial score (nSPS) is 19.6. The molecule has 26 heavy (non-hydrogen) atoms. The SMILES string of the molecule is CN=C(NCc1nn(-c2ccccc2)c2c1CCC2)NCC1CCCS1. The monoisotopic (exact) mass is 369 g/mol. The zero-order chi connectivity index (χ0) is 17.8. The second kappa shape index (κ2) is 8.16. The molecule has 0 bridgehead atoms. The molecule has 0 amide bonds. The Morgan fingerprint density at radius 1 is 1.23 bits per heavy atom. The number of hydrogen-bond acceptors (Lipinski definition) is 3. The second-order valence-corrected chi connectivity index (χ2v) is 8.32. The predicted octanol–water partition coefficient (Wildman–Crippen LogP) is 2.92. The molecule has 1 aromatic heterocycles. The van der Waals surface area contributed by atoms with E-state index in [-0.39, 0.29) is 0 Å². The van der Waals surface area contributed by atoms with Crippen LogP contribution in [-0.2, 0) is 19.4 Å². The molecular formula is C20H27N5S. The van der Waals surface area contributed by atoms with Crippen molar-refractivity contribution in [1.29, 1.82) is 0 Å². The highest BCUT2D eigenvalue weighted by Crippen LogP contribution is 2.28. The maximum atomic E-state index is 4.91. The molecular weight excluding hydrogens is 342 g/mol. The number of thioether (sulfide) groups is 1. The van der Waals surface area contributed by atoms with E-state index in [1.165, 1.54) is 36.3 Å². The third kappa shape index (κ3) is 3.75. The summed E-state index contributed by atoms with van der Waals surface area (Å²) in [7, 11) is 1.84. The maximum Gasteiger partial charge on any atom is 0.191 e. The summed E-state index contributed by atoms with van der Waals surface area (Å²) in [6, 6.07) is 10.4. The summed E-state index contributed by atoms with van der Waals surface area (Å²) >= 11 is 2.07. The minimum Gasteiger partial charge on any atom is -0.355 e. The lowest BCUT2D eigenvalue weighted by Crippen LogP contribution is -2.39. The van der Waals surface area contributed by atoms with Gasteiger partial charge >= 0.3 is 0 Å². The van der Waals surface area contributed by atoms with Gasteiger partial charge in [0.2, 0.25) is 0 Å². The van der Waals surface area contributed by atoms with E-state index >= 15 is 0 Å². The van der Waals surface area contributed by atoms with Crippen LogP contribution in [0.4, 0.5) is 0 Å². The first-order chi connectivity index (χ1) is 12.8. The van der Waals surface area contributed by atoms with Gasteiger partial charge in [-0.15, -0.1) is 0 Å². The van der Waals surface area contributed by atoms with Crippen LogP contribution in [-0.4, -0.2) is 40.3 Å². The number of para-hydroxylation sites is 1. The molecule has 0 radical (unpaired) electrons. The summed E-state index contributed by atoms with van der Waals surface area (Å²) < 4.78 is 2.13. The van der Waals surface area contributed by atoms with Crippen molar-refractivity contribution in [3.05, 3.63) is 47.3 Å². The van der Waals surface area contributed by atoms with Crippen molar-refractivity contribution >= 4 is 17.7 Å². The van der Waals surface area contributed by atoms with Crippen LogP contribution in [0, 0.1) is 0 Å². The number of guanidine groups is 1. The first-order valence-electron chi connectivity index (χ1n) is 9.56. The number of benzene rings is 1. The minimum absolute atomic E-state index is 0.718. The molecule has 0 saturated carbocycles. The van der Waals surface area contributed by atoms with Crippen LogP contribution in [0.25, 0.3) is 5.69 Å². The quantitative estimate of drug-likeness (QED) is 0.629. The second-order valence-electron chi connectivity index (χ2n) is 6.91. The predicted molar refractivity (Wildman–Crippen MR) is 109 cm³/mol. The van der Waals surface area contributed by atoms with Crippen molar-refractivity contribution in [3.8, 4) is 5.69 Å². The molecule has 1 aliphatic heterocycles. The molecule has 1 saturated heterocycles. The van der Waals surface area contributed by atoms with E-state index in [1.54, 1.807) is 0 Å². The van der Waals surface area contributed by atoms with Crippen molar-refractivity contribution < 1.29 is 0 Å². The molecule has 4 rings (SSSR count). The van der Waals surface area contributed by atoms with Gasteiger partial charge in [0.1, 0.15) is 0 Å². The molecule has 1 aromatic carbocycles. The van der Waals surface area contributed by atoms with Gasteiger partial charge in [-0.2, -0.15) is 16.9 Å². The van der Waals surface area contributed by atoms with Crippen molar-refractivity contribution in [3.63, 3.8) is 0 Å². The average molecular weight is 370 g/mol. The number of rotatable bonds is 5. The van der Waals surface area contributed by atoms with Gasteiger partial charge in [-0.05, 0) is 55.6 Å². The highest BCUT2D eigenvalue weighted by atomic mass is 32.2. The van der Waals surface area contributed by atoms with Crippen LogP contribution < -0.4 is 10.6 Å². The van der Waals surface area contributed by atoms with Gasteiger partial charge < -0.3 is 10.6 Å². The third-order valence-electron chi connectivity index (χ3n) is 5.18. The number of nitrogens with zero attached hydrogens (tertiary/aromatic N) is 3. The Hall–Kier alpha value is -1.95. The van der Waals surface area contributed by atoms with Crippen molar-refractivity contribution in [2.45, 2.75) is 43.9 Å². The molecule has 2 N–H and O–H groups in total. The molecule has 1 aliphatic carbocycles. The molecule has 5 nitrogen and oxygen atoms in total. The molecule has 1 fully saturated rings.